The predicted molar refractivity (Wildman–Crippen MR) is 108 cm³/mol. The Bertz CT molecular complexity index is 1210. The summed E-state index contributed by atoms with van der Waals surface area (Å²) in [5.41, 5.74) is 6.30. The predicted octanol–water partition coefficient (Wildman–Crippen LogP) is 4.66. The molecule has 132 valence electrons. The number of carbonyl (C=O) groups is 1. The quantitative estimate of drug-likeness (QED) is 0.468. The molecule has 1 aliphatic rings. The van der Waals surface area contributed by atoms with Crippen LogP contribution in [0.25, 0.3) is 33.7 Å². The average molecular weight is 355 g/mol. The number of nitrogens with one attached hydrogen (secondary N) is 3. The van der Waals surface area contributed by atoms with E-state index >= 15 is 0 Å². The maximum Gasteiger partial charge on any atom is 0.256 e. The summed E-state index contributed by atoms with van der Waals surface area (Å²) in [5.74, 6) is 0.587. The topological polar surface area (TPSA) is 69.9 Å². The van der Waals surface area contributed by atoms with E-state index in [1.54, 1.807) is 13.3 Å². The van der Waals surface area contributed by atoms with Crippen LogP contribution in [0.5, 0.6) is 5.75 Å². The molecule has 0 saturated heterocycles. The van der Waals surface area contributed by atoms with Gasteiger partial charge in [0.1, 0.15) is 5.75 Å². The highest BCUT2D eigenvalue weighted by molar-refractivity contribution is 6.36. The average Bonchev–Trinajstić information content (AvgIpc) is 3.40. The van der Waals surface area contributed by atoms with Crippen LogP contribution in [0.4, 0.5) is 5.69 Å². The summed E-state index contributed by atoms with van der Waals surface area (Å²) in [5, 5.41) is 4.11. The molecular formula is C22H17N3O2. The number of aromatic nitrogens is 2. The Morgan fingerprint density at radius 3 is 2.63 bits per heavy atom. The van der Waals surface area contributed by atoms with Crippen molar-refractivity contribution in [2.24, 2.45) is 0 Å². The Labute approximate surface area is 155 Å². The van der Waals surface area contributed by atoms with Crippen LogP contribution in [0.15, 0.2) is 60.9 Å². The highest BCUT2D eigenvalue weighted by Crippen LogP contribution is 2.42. The number of ether oxygens (including phenoxy) is 1. The fourth-order valence-corrected chi connectivity index (χ4v) is 3.74. The molecule has 0 spiro atoms. The molecule has 0 unspecified atom stereocenters. The Morgan fingerprint density at radius 1 is 0.926 bits per heavy atom. The minimum absolute atomic E-state index is 0.115. The standard InChI is InChI=1S/C22H17N3O2/c1-27-20-9-11-24-19(20)12-16-21-15(5-3-7-18(21)25-22(16)26)13-4-2-6-17-14(13)8-10-23-17/h2-12,23-24H,1H3,(H,25,26)/b16-12-. The lowest BCUT2D eigenvalue weighted by Crippen LogP contribution is -2.03. The minimum Gasteiger partial charge on any atom is -0.495 e. The van der Waals surface area contributed by atoms with Crippen molar-refractivity contribution in [3.63, 3.8) is 0 Å². The number of hydrogen-bond donors (Lipinski definition) is 3. The van der Waals surface area contributed by atoms with Gasteiger partial charge in [-0.15, -0.1) is 0 Å². The lowest BCUT2D eigenvalue weighted by atomic mass is 9.92. The molecule has 5 nitrogen and oxygen atoms in total. The summed E-state index contributed by atoms with van der Waals surface area (Å²) in [7, 11) is 1.62. The third kappa shape index (κ3) is 2.36. The van der Waals surface area contributed by atoms with Gasteiger partial charge < -0.3 is 20.0 Å². The van der Waals surface area contributed by atoms with Crippen molar-refractivity contribution in [3.05, 3.63) is 72.2 Å². The summed E-state index contributed by atoms with van der Waals surface area (Å²) < 4.78 is 5.37. The van der Waals surface area contributed by atoms with Gasteiger partial charge in [-0.25, -0.2) is 0 Å². The van der Waals surface area contributed by atoms with Crippen LogP contribution in [0.2, 0.25) is 0 Å². The number of carbonyl (C=O) groups excluding carboxylic acids is 1. The van der Waals surface area contributed by atoms with E-state index in [2.05, 4.69) is 33.5 Å². The molecule has 5 heteroatoms. The van der Waals surface area contributed by atoms with Gasteiger partial charge in [-0.3, -0.25) is 4.79 Å². The van der Waals surface area contributed by atoms with Gasteiger partial charge in [0.15, 0.2) is 0 Å². The number of amides is 1. The van der Waals surface area contributed by atoms with E-state index in [1.807, 2.05) is 42.6 Å². The molecule has 0 radical (unpaired) electrons. The van der Waals surface area contributed by atoms with Crippen molar-refractivity contribution in [2.75, 3.05) is 12.4 Å². The second-order valence-electron chi connectivity index (χ2n) is 6.44. The first kappa shape index (κ1) is 15.5. The van der Waals surface area contributed by atoms with Crippen molar-refractivity contribution >= 4 is 34.1 Å². The molecule has 1 aliphatic heterocycles. The molecule has 3 N–H and O–H groups in total. The third-order valence-electron chi connectivity index (χ3n) is 4.96. The van der Waals surface area contributed by atoms with E-state index in [4.69, 9.17) is 4.74 Å². The van der Waals surface area contributed by atoms with Gasteiger partial charge in [0.25, 0.3) is 5.91 Å². The molecule has 2 aromatic carbocycles. The van der Waals surface area contributed by atoms with Crippen LogP contribution in [-0.4, -0.2) is 23.0 Å². The summed E-state index contributed by atoms with van der Waals surface area (Å²) in [6, 6.07) is 16.0. The normalized spacial score (nSPS) is 14.6. The number of anilines is 1. The Hall–Kier alpha value is -3.73. The second kappa shape index (κ2) is 5.92. The molecule has 0 fully saturated rings. The van der Waals surface area contributed by atoms with E-state index in [0.717, 1.165) is 39.0 Å². The minimum atomic E-state index is -0.115. The Balaban J connectivity index is 1.76. The second-order valence-corrected chi connectivity index (χ2v) is 6.44. The Kier molecular flexibility index (Phi) is 3.40. The van der Waals surface area contributed by atoms with Crippen LogP contribution in [0.1, 0.15) is 11.3 Å². The fourth-order valence-electron chi connectivity index (χ4n) is 3.74. The SMILES string of the molecule is COc1cc[nH]c1/C=C1\C(=O)Nc2cccc(-c3cccc4[nH]ccc34)c21. The van der Waals surface area contributed by atoms with Gasteiger partial charge in [-0.1, -0.05) is 24.3 Å². The van der Waals surface area contributed by atoms with Gasteiger partial charge in [0, 0.05) is 34.5 Å². The van der Waals surface area contributed by atoms with Crippen molar-refractivity contribution in [2.45, 2.75) is 0 Å². The zero-order valence-electron chi connectivity index (χ0n) is 14.7. The van der Waals surface area contributed by atoms with Gasteiger partial charge in [-0.2, -0.15) is 0 Å². The fraction of sp³-hybridized carbons (Fsp3) is 0.0455. The molecule has 0 atom stereocenters. The molecule has 27 heavy (non-hydrogen) atoms. The van der Waals surface area contributed by atoms with Crippen molar-refractivity contribution in [3.8, 4) is 16.9 Å². The highest BCUT2D eigenvalue weighted by atomic mass is 16.5. The number of benzene rings is 2. The maximum absolute atomic E-state index is 12.7. The molecule has 2 aromatic heterocycles. The van der Waals surface area contributed by atoms with E-state index in [1.165, 1.54) is 0 Å². The molecule has 1 amide bonds. The summed E-state index contributed by atoms with van der Waals surface area (Å²) in [4.78, 5) is 19.1. The lowest BCUT2D eigenvalue weighted by Gasteiger charge is -2.10. The Morgan fingerprint density at radius 2 is 1.74 bits per heavy atom. The molecule has 3 heterocycles. The van der Waals surface area contributed by atoms with Gasteiger partial charge >= 0.3 is 0 Å². The number of methoxy groups -OCH3 is 1. The smallest absolute Gasteiger partial charge is 0.256 e. The number of H-pyrrole nitrogens is 2. The van der Waals surface area contributed by atoms with Crippen LogP contribution in [0.3, 0.4) is 0 Å². The van der Waals surface area contributed by atoms with E-state index in [9.17, 15) is 4.79 Å². The molecular weight excluding hydrogens is 338 g/mol. The van der Waals surface area contributed by atoms with E-state index in [0.29, 0.717) is 11.3 Å². The first-order valence-electron chi connectivity index (χ1n) is 8.70. The first-order valence-corrected chi connectivity index (χ1v) is 8.70. The zero-order chi connectivity index (χ0) is 18.4. The van der Waals surface area contributed by atoms with Gasteiger partial charge in [0.05, 0.1) is 18.4 Å². The van der Waals surface area contributed by atoms with E-state index < -0.39 is 0 Å². The molecule has 0 aliphatic carbocycles. The largest absolute Gasteiger partial charge is 0.495 e. The summed E-state index contributed by atoms with van der Waals surface area (Å²) in [6.45, 7) is 0. The molecule has 5 rings (SSSR count). The van der Waals surface area contributed by atoms with Crippen LogP contribution in [-0.2, 0) is 4.79 Å². The van der Waals surface area contributed by atoms with Crippen molar-refractivity contribution < 1.29 is 9.53 Å². The first-order chi connectivity index (χ1) is 13.3. The van der Waals surface area contributed by atoms with Crippen molar-refractivity contribution in [1.82, 2.24) is 9.97 Å². The monoisotopic (exact) mass is 355 g/mol. The zero-order valence-corrected chi connectivity index (χ0v) is 14.7. The molecule has 4 aromatic rings. The molecule has 0 saturated carbocycles. The van der Waals surface area contributed by atoms with Crippen LogP contribution < -0.4 is 10.1 Å². The number of fused-ring (bicyclic) bond motifs is 2. The van der Waals surface area contributed by atoms with E-state index in [-0.39, 0.29) is 5.91 Å². The van der Waals surface area contributed by atoms with Crippen LogP contribution in [0, 0.1) is 0 Å². The highest BCUT2D eigenvalue weighted by Gasteiger charge is 2.28. The van der Waals surface area contributed by atoms with Gasteiger partial charge in [-0.05, 0) is 41.5 Å². The number of aromatic amines is 2. The molecule has 0 bridgehead atoms. The summed E-state index contributed by atoms with van der Waals surface area (Å²) in [6.07, 6.45) is 5.58. The maximum atomic E-state index is 12.7. The number of hydrogen-bond acceptors (Lipinski definition) is 2. The summed E-state index contributed by atoms with van der Waals surface area (Å²) >= 11 is 0. The number of rotatable bonds is 3. The van der Waals surface area contributed by atoms with Crippen LogP contribution >= 0.6 is 0 Å². The lowest BCUT2D eigenvalue weighted by molar-refractivity contribution is -0.110. The van der Waals surface area contributed by atoms with Gasteiger partial charge in [0.2, 0.25) is 0 Å². The third-order valence-corrected chi connectivity index (χ3v) is 4.96. The van der Waals surface area contributed by atoms with Crippen molar-refractivity contribution in [1.29, 1.82) is 0 Å².